The third-order valence-electron chi connectivity index (χ3n) is 4.36. The smallest absolute Gasteiger partial charge is 0.115 e. The summed E-state index contributed by atoms with van der Waals surface area (Å²) < 4.78 is 0. The van der Waals surface area contributed by atoms with Gasteiger partial charge in [0.05, 0.1) is 6.10 Å². The second-order valence-electron chi connectivity index (χ2n) is 6.43. The topological polar surface area (TPSA) is 40.5 Å². The molecule has 22 heavy (non-hydrogen) atoms. The van der Waals surface area contributed by atoms with Gasteiger partial charge in [0.1, 0.15) is 5.75 Å². The fourth-order valence-corrected chi connectivity index (χ4v) is 2.87. The number of benzene rings is 1. The van der Waals surface area contributed by atoms with Crippen LogP contribution >= 0.6 is 0 Å². The van der Waals surface area contributed by atoms with Gasteiger partial charge in [0.25, 0.3) is 0 Å². The van der Waals surface area contributed by atoms with Gasteiger partial charge >= 0.3 is 0 Å². The van der Waals surface area contributed by atoms with Crippen LogP contribution in [0.1, 0.15) is 95.6 Å². The normalized spacial score (nSPS) is 12.5. The first-order valence-electron chi connectivity index (χ1n) is 9.21. The van der Waals surface area contributed by atoms with Gasteiger partial charge in [-0.15, -0.1) is 0 Å². The minimum Gasteiger partial charge on any atom is -0.508 e. The zero-order valence-corrected chi connectivity index (χ0v) is 14.3. The molecule has 126 valence electrons. The maximum Gasteiger partial charge on any atom is 0.115 e. The van der Waals surface area contributed by atoms with Gasteiger partial charge in [-0.1, -0.05) is 89.7 Å². The summed E-state index contributed by atoms with van der Waals surface area (Å²) in [6.07, 6.45) is 15.1. The van der Waals surface area contributed by atoms with Crippen LogP contribution in [-0.4, -0.2) is 10.2 Å². The number of aliphatic hydroxyl groups excluding tert-OH is 1. The molecule has 0 aliphatic rings. The Kier molecular flexibility index (Phi) is 10.8. The average Bonchev–Trinajstić information content (AvgIpc) is 2.53. The molecule has 0 bridgehead atoms. The first kappa shape index (κ1) is 19.0. The van der Waals surface area contributed by atoms with Crippen LogP contribution in [0.15, 0.2) is 24.3 Å². The van der Waals surface area contributed by atoms with Crippen LogP contribution < -0.4 is 0 Å². The van der Waals surface area contributed by atoms with Crippen LogP contribution in [0.5, 0.6) is 5.75 Å². The van der Waals surface area contributed by atoms with Gasteiger partial charge in [0, 0.05) is 0 Å². The summed E-state index contributed by atoms with van der Waals surface area (Å²) in [5, 5.41) is 19.3. The van der Waals surface area contributed by atoms with Gasteiger partial charge in [-0.3, -0.25) is 0 Å². The highest BCUT2D eigenvalue weighted by atomic mass is 16.3. The van der Waals surface area contributed by atoms with Crippen LogP contribution in [0.25, 0.3) is 0 Å². The Morgan fingerprint density at radius 3 is 1.68 bits per heavy atom. The van der Waals surface area contributed by atoms with Gasteiger partial charge in [-0.2, -0.15) is 0 Å². The molecule has 0 radical (unpaired) electrons. The molecule has 0 fully saturated rings. The van der Waals surface area contributed by atoms with Crippen molar-refractivity contribution in [3.63, 3.8) is 0 Å². The van der Waals surface area contributed by atoms with Gasteiger partial charge in [-0.05, 0) is 24.1 Å². The predicted octanol–water partition coefficient (Wildman–Crippen LogP) is 6.13. The van der Waals surface area contributed by atoms with Crippen molar-refractivity contribution in [1.29, 1.82) is 0 Å². The third kappa shape index (κ3) is 9.09. The van der Waals surface area contributed by atoms with Crippen LogP contribution in [0.3, 0.4) is 0 Å². The number of aromatic hydroxyl groups is 1. The Bertz CT molecular complexity index is 358. The lowest BCUT2D eigenvalue weighted by Crippen LogP contribution is -1.96. The molecule has 0 saturated heterocycles. The quantitative estimate of drug-likeness (QED) is 0.430. The SMILES string of the molecule is CCCCCCCCCCCCC[C@@H](O)c1ccc(O)cc1. The van der Waals surface area contributed by atoms with Crippen molar-refractivity contribution in [3.05, 3.63) is 29.8 Å². The molecule has 0 unspecified atom stereocenters. The van der Waals surface area contributed by atoms with Crippen molar-refractivity contribution < 1.29 is 10.2 Å². The van der Waals surface area contributed by atoms with Crippen molar-refractivity contribution in [1.82, 2.24) is 0 Å². The highest BCUT2D eigenvalue weighted by molar-refractivity contribution is 5.27. The number of hydrogen-bond acceptors (Lipinski definition) is 2. The molecule has 1 atom stereocenters. The van der Waals surface area contributed by atoms with Crippen molar-refractivity contribution in [2.45, 2.75) is 90.1 Å². The molecule has 0 aliphatic heterocycles. The highest BCUT2D eigenvalue weighted by Gasteiger charge is 2.06. The molecule has 1 aromatic carbocycles. The molecule has 0 saturated carbocycles. The fraction of sp³-hybridized carbons (Fsp3) is 0.700. The van der Waals surface area contributed by atoms with E-state index in [9.17, 15) is 10.2 Å². The molecular formula is C20H34O2. The van der Waals surface area contributed by atoms with E-state index in [4.69, 9.17) is 0 Å². The van der Waals surface area contributed by atoms with E-state index in [-0.39, 0.29) is 11.9 Å². The molecule has 2 N–H and O–H groups in total. The lowest BCUT2D eigenvalue weighted by Gasteiger charge is -2.10. The molecule has 0 aromatic heterocycles. The highest BCUT2D eigenvalue weighted by Crippen LogP contribution is 2.22. The average molecular weight is 306 g/mol. The molecule has 1 rings (SSSR count). The Balaban J connectivity index is 1.92. The standard InChI is InChI=1S/C20H34O2/c1-2-3-4-5-6-7-8-9-10-11-12-13-20(22)18-14-16-19(21)17-15-18/h14-17,20-22H,2-13H2,1H3/t20-/m1/s1. The van der Waals surface area contributed by atoms with Crippen LogP contribution in [-0.2, 0) is 0 Å². The number of hydrogen-bond donors (Lipinski definition) is 2. The second-order valence-corrected chi connectivity index (χ2v) is 6.43. The van der Waals surface area contributed by atoms with Crippen LogP contribution in [0.2, 0.25) is 0 Å². The van der Waals surface area contributed by atoms with E-state index in [0.717, 1.165) is 18.4 Å². The molecule has 0 spiro atoms. The summed E-state index contributed by atoms with van der Waals surface area (Å²) in [7, 11) is 0. The van der Waals surface area contributed by atoms with Crippen molar-refractivity contribution >= 4 is 0 Å². The summed E-state index contributed by atoms with van der Waals surface area (Å²) in [4.78, 5) is 0. The lowest BCUT2D eigenvalue weighted by atomic mass is 10.0. The Morgan fingerprint density at radius 2 is 1.18 bits per heavy atom. The fourth-order valence-electron chi connectivity index (χ4n) is 2.87. The Labute approximate surface area is 136 Å². The maximum absolute atomic E-state index is 10.1. The number of aliphatic hydroxyl groups is 1. The molecular weight excluding hydrogens is 272 g/mol. The largest absolute Gasteiger partial charge is 0.508 e. The zero-order valence-electron chi connectivity index (χ0n) is 14.3. The van der Waals surface area contributed by atoms with Crippen molar-refractivity contribution in [3.8, 4) is 5.75 Å². The number of unbranched alkanes of at least 4 members (excludes halogenated alkanes) is 10. The van der Waals surface area contributed by atoms with E-state index in [1.807, 2.05) is 0 Å². The summed E-state index contributed by atoms with van der Waals surface area (Å²) in [6.45, 7) is 2.26. The first-order chi connectivity index (χ1) is 10.7. The number of phenols is 1. The van der Waals surface area contributed by atoms with Gasteiger partial charge in [0.2, 0.25) is 0 Å². The van der Waals surface area contributed by atoms with E-state index in [1.54, 1.807) is 24.3 Å². The Morgan fingerprint density at radius 1 is 0.727 bits per heavy atom. The van der Waals surface area contributed by atoms with E-state index >= 15 is 0 Å². The minimum atomic E-state index is -0.390. The van der Waals surface area contributed by atoms with E-state index in [2.05, 4.69) is 6.92 Å². The molecule has 0 heterocycles. The predicted molar refractivity (Wildman–Crippen MR) is 94.1 cm³/mol. The van der Waals surface area contributed by atoms with E-state index in [0.29, 0.717) is 0 Å². The van der Waals surface area contributed by atoms with Gasteiger partial charge in [-0.25, -0.2) is 0 Å². The summed E-state index contributed by atoms with van der Waals surface area (Å²) in [5.74, 6) is 0.255. The van der Waals surface area contributed by atoms with Crippen molar-refractivity contribution in [2.24, 2.45) is 0 Å². The van der Waals surface area contributed by atoms with Crippen LogP contribution in [0, 0.1) is 0 Å². The van der Waals surface area contributed by atoms with Crippen molar-refractivity contribution in [2.75, 3.05) is 0 Å². The summed E-state index contributed by atoms with van der Waals surface area (Å²) in [5.41, 5.74) is 0.907. The van der Waals surface area contributed by atoms with E-state index < -0.39 is 0 Å². The Hall–Kier alpha value is -1.02. The van der Waals surface area contributed by atoms with Crippen LogP contribution in [0.4, 0.5) is 0 Å². The summed E-state index contributed by atoms with van der Waals surface area (Å²) in [6, 6.07) is 6.88. The zero-order chi connectivity index (χ0) is 16.0. The molecule has 2 heteroatoms. The molecule has 0 amide bonds. The third-order valence-corrected chi connectivity index (χ3v) is 4.36. The summed E-state index contributed by atoms with van der Waals surface area (Å²) >= 11 is 0. The molecule has 1 aromatic rings. The minimum absolute atomic E-state index is 0.255. The number of rotatable bonds is 13. The number of phenolic OH excluding ortho intramolecular Hbond substituents is 1. The monoisotopic (exact) mass is 306 g/mol. The van der Waals surface area contributed by atoms with E-state index in [1.165, 1.54) is 64.2 Å². The lowest BCUT2D eigenvalue weighted by molar-refractivity contribution is 0.163. The maximum atomic E-state index is 10.1. The molecule has 0 aliphatic carbocycles. The van der Waals surface area contributed by atoms with Gasteiger partial charge < -0.3 is 10.2 Å². The first-order valence-corrected chi connectivity index (χ1v) is 9.21. The second kappa shape index (κ2) is 12.5. The molecule has 2 nitrogen and oxygen atoms in total. The van der Waals surface area contributed by atoms with Gasteiger partial charge in [0.15, 0.2) is 0 Å².